The summed E-state index contributed by atoms with van der Waals surface area (Å²) in [5.41, 5.74) is 3.05. The Bertz CT molecular complexity index is 467. The molecule has 0 bridgehead atoms. The lowest BCUT2D eigenvalue weighted by molar-refractivity contribution is 0.566. The van der Waals surface area contributed by atoms with Crippen molar-refractivity contribution in [2.45, 2.75) is 65.5 Å². The molecule has 0 heterocycles. The largest absolute Gasteiger partial charge is 0.369 e. The second-order valence-corrected chi connectivity index (χ2v) is 6.16. The molecule has 1 aliphatic carbocycles. The molecule has 21 heavy (non-hydrogen) atoms. The predicted octanol–water partition coefficient (Wildman–Crippen LogP) is 4.57. The summed E-state index contributed by atoms with van der Waals surface area (Å²) in [5, 5.41) is 3.43. The number of aryl methyl sites for hydroxylation is 1. The van der Waals surface area contributed by atoms with Crippen molar-refractivity contribution in [1.29, 1.82) is 0 Å². The van der Waals surface area contributed by atoms with E-state index in [4.69, 9.17) is 0 Å². The molecular formula is C18H29FN2. The van der Waals surface area contributed by atoms with Crippen LogP contribution in [-0.4, -0.2) is 19.1 Å². The van der Waals surface area contributed by atoms with Crippen LogP contribution in [0.2, 0.25) is 0 Å². The maximum Gasteiger partial charge on any atom is 0.126 e. The topological polar surface area (TPSA) is 15.3 Å². The van der Waals surface area contributed by atoms with E-state index < -0.39 is 0 Å². The Kier molecular flexibility index (Phi) is 5.63. The minimum absolute atomic E-state index is 0.0963. The number of anilines is 1. The monoisotopic (exact) mass is 292 g/mol. The molecular weight excluding hydrogens is 263 g/mol. The zero-order chi connectivity index (χ0) is 15.4. The van der Waals surface area contributed by atoms with E-state index in [0.29, 0.717) is 6.04 Å². The van der Waals surface area contributed by atoms with Crippen LogP contribution < -0.4 is 10.2 Å². The van der Waals surface area contributed by atoms with Crippen molar-refractivity contribution in [3.05, 3.63) is 29.1 Å². The maximum atomic E-state index is 14.1. The molecule has 1 fully saturated rings. The highest BCUT2D eigenvalue weighted by Gasteiger charge is 2.25. The highest BCUT2D eigenvalue weighted by atomic mass is 19.1. The lowest BCUT2D eigenvalue weighted by atomic mass is 10.0. The summed E-state index contributed by atoms with van der Waals surface area (Å²) in [7, 11) is 0. The Morgan fingerprint density at radius 3 is 2.52 bits per heavy atom. The van der Waals surface area contributed by atoms with Gasteiger partial charge in [-0.2, -0.15) is 0 Å². The fourth-order valence-corrected chi connectivity index (χ4v) is 3.53. The van der Waals surface area contributed by atoms with Crippen molar-refractivity contribution in [2.24, 2.45) is 0 Å². The highest BCUT2D eigenvalue weighted by Crippen LogP contribution is 2.34. The summed E-state index contributed by atoms with van der Waals surface area (Å²) >= 11 is 0. The van der Waals surface area contributed by atoms with Gasteiger partial charge in [0.2, 0.25) is 0 Å². The number of rotatable bonds is 6. The Balaban J connectivity index is 2.40. The summed E-state index contributed by atoms with van der Waals surface area (Å²) in [5.74, 6) is -0.0963. The average molecular weight is 292 g/mol. The van der Waals surface area contributed by atoms with Gasteiger partial charge in [-0.05, 0) is 63.4 Å². The van der Waals surface area contributed by atoms with Crippen LogP contribution in [0.25, 0.3) is 0 Å². The van der Waals surface area contributed by atoms with E-state index in [-0.39, 0.29) is 11.9 Å². The maximum absolute atomic E-state index is 14.1. The first-order valence-electron chi connectivity index (χ1n) is 8.38. The minimum Gasteiger partial charge on any atom is -0.369 e. The van der Waals surface area contributed by atoms with E-state index in [0.717, 1.165) is 24.2 Å². The fourth-order valence-electron chi connectivity index (χ4n) is 3.53. The molecule has 1 saturated carbocycles. The molecule has 3 heteroatoms. The number of hydrogen-bond acceptors (Lipinski definition) is 2. The molecule has 1 aliphatic rings. The Labute approximate surface area is 128 Å². The molecule has 0 radical (unpaired) electrons. The molecule has 1 atom stereocenters. The lowest BCUT2D eigenvalue weighted by Gasteiger charge is -2.33. The molecule has 1 N–H and O–H groups in total. The van der Waals surface area contributed by atoms with Crippen molar-refractivity contribution in [3.63, 3.8) is 0 Å². The van der Waals surface area contributed by atoms with Gasteiger partial charge >= 0.3 is 0 Å². The molecule has 0 saturated heterocycles. The smallest absolute Gasteiger partial charge is 0.126 e. The average Bonchev–Trinajstić information content (AvgIpc) is 2.97. The predicted molar refractivity (Wildman–Crippen MR) is 88.5 cm³/mol. The van der Waals surface area contributed by atoms with E-state index in [2.05, 4.69) is 31.0 Å². The molecule has 1 aromatic rings. The molecule has 0 aliphatic heterocycles. The third kappa shape index (κ3) is 3.57. The molecule has 0 aromatic heterocycles. The van der Waals surface area contributed by atoms with Gasteiger partial charge in [-0.3, -0.25) is 0 Å². The normalized spacial score (nSPS) is 17.2. The van der Waals surface area contributed by atoms with Crippen LogP contribution in [0.4, 0.5) is 10.1 Å². The first-order chi connectivity index (χ1) is 10.1. The van der Waals surface area contributed by atoms with Gasteiger partial charge in [-0.15, -0.1) is 0 Å². The molecule has 0 amide bonds. The van der Waals surface area contributed by atoms with Gasteiger partial charge < -0.3 is 10.2 Å². The van der Waals surface area contributed by atoms with Gasteiger partial charge in [0.25, 0.3) is 0 Å². The molecule has 2 rings (SSSR count). The first kappa shape index (κ1) is 16.3. The van der Waals surface area contributed by atoms with Gasteiger partial charge in [0.15, 0.2) is 0 Å². The van der Waals surface area contributed by atoms with Gasteiger partial charge in [-0.25, -0.2) is 4.39 Å². The van der Waals surface area contributed by atoms with Crippen LogP contribution in [0.15, 0.2) is 12.1 Å². The van der Waals surface area contributed by atoms with E-state index in [1.165, 1.54) is 31.4 Å². The molecule has 0 spiro atoms. The lowest BCUT2D eigenvalue weighted by Crippen LogP contribution is -2.35. The second kappa shape index (κ2) is 7.26. The summed E-state index contributed by atoms with van der Waals surface area (Å²) < 4.78 is 14.1. The first-order valence-corrected chi connectivity index (χ1v) is 8.38. The fraction of sp³-hybridized carbons (Fsp3) is 0.667. The van der Waals surface area contributed by atoms with Crippen LogP contribution in [0.5, 0.6) is 0 Å². The third-order valence-electron chi connectivity index (χ3n) is 4.70. The third-order valence-corrected chi connectivity index (χ3v) is 4.70. The van der Waals surface area contributed by atoms with Gasteiger partial charge in [0.05, 0.1) is 0 Å². The van der Waals surface area contributed by atoms with Crippen LogP contribution in [0.1, 0.15) is 63.6 Å². The van der Waals surface area contributed by atoms with E-state index in [9.17, 15) is 4.39 Å². The Morgan fingerprint density at radius 2 is 1.95 bits per heavy atom. The zero-order valence-corrected chi connectivity index (χ0v) is 13.9. The SMILES string of the molecule is CCNC(C)c1cc(F)c(C)cc1N(CC)C1CCCC1. The summed E-state index contributed by atoms with van der Waals surface area (Å²) in [6, 6.07) is 4.57. The van der Waals surface area contributed by atoms with Gasteiger partial charge in [0.1, 0.15) is 5.82 Å². The Hall–Kier alpha value is -1.09. The minimum atomic E-state index is -0.0963. The quantitative estimate of drug-likeness (QED) is 0.826. The molecule has 1 unspecified atom stereocenters. The van der Waals surface area contributed by atoms with E-state index >= 15 is 0 Å². The number of halogens is 1. The number of nitrogens with zero attached hydrogens (tertiary/aromatic N) is 1. The number of nitrogens with one attached hydrogen (secondary N) is 1. The van der Waals surface area contributed by atoms with Gasteiger partial charge in [0, 0.05) is 24.3 Å². The molecule has 2 nitrogen and oxygen atoms in total. The summed E-state index contributed by atoms with van der Waals surface area (Å²) in [6.07, 6.45) is 5.16. The van der Waals surface area contributed by atoms with Crippen LogP contribution in [0.3, 0.4) is 0 Å². The number of benzene rings is 1. The van der Waals surface area contributed by atoms with Gasteiger partial charge in [-0.1, -0.05) is 19.8 Å². The Morgan fingerprint density at radius 1 is 1.29 bits per heavy atom. The van der Waals surface area contributed by atoms with Crippen molar-refractivity contribution in [3.8, 4) is 0 Å². The number of hydrogen-bond donors (Lipinski definition) is 1. The van der Waals surface area contributed by atoms with Crippen molar-refractivity contribution >= 4 is 5.69 Å². The standard InChI is InChI=1S/C18H29FN2/c1-5-20-14(4)16-12-17(19)13(3)11-18(16)21(6-2)15-9-7-8-10-15/h11-12,14-15,20H,5-10H2,1-4H3. The van der Waals surface area contributed by atoms with Crippen molar-refractivity contribution < 1.29 is 4.39 Å². The van der Waals surface area contributed by atoms with Crippen LogP contribution >= 0.6 is 0 Å². The van der Waals surface area contributed by atoms with Crippen LogP contribution in [0, 0.1) is 12.7 Å². The van der Waals surface area contributed by atoms with E-state index in [1.54, 1.807) is 6.07 Å². The summed E-state index contributed by atoms with van der Waals surface area (Å²) in [4.78, 5) is 2.49. The van der Waals surface area contributed by atoms with E-state index in [1.807, 2.05) is 13.0 Å². The zero-order valence-electron chi connectivity index (χ0n) is 13.9. The van der Waals surface area contributed by atoms with Crippen molar-refractivity contribution in [1.82, 2.24) is 5.32 Å². The molecule has 1 aromatic carbocycles. The van der Waals surface area contributed by atoms with Crippen LogP contribution in [-0.2, 0) is 0 Å². The molecule has 118 valence electrons. The second-order valence-electron chi connectivity index (χ2n) is 6.16. The highest BCUT2D eigenvalue weighted by molar-refractivity contribution is 5.58. The van der Waals surface area contributed by atoms with Crippen molar-refractivity contribution in [2.75, 3.05) is 18.0 Å². The summed E-state index contributed by atoms with van der Waals surface area (Å²) in [6.45, 7) is 10.2.